The molecule has 1 saturated heterocycles. The van der Waals surface area contributed by atoms with Crippen molar-refractivity contribution in [3.63, 3.8) is 0 Å². The van der Waals surface area contributed by atoms with Gasteiger partial charge in [0.05, 0.1) is 11.8 Å². The second kappa shape index (κ2) is 11.2. The number of hydrogen-bond donors (Lipinski definition) is 4. The van der Waals surface area contributed by atoms with Gasteiger partial charge in [-0.1, -0.05) is 12.1 Å². The third-order valence-electron chi connectivity index (χ3n) is 5.82. The number of aromatic nitrogens is 2. The van der Waals surface area contributed by atoms with E-state index in [1.165, 1.54) is 0 Å². The molecule has 0 spiro atoms. The van der Waals surface area contributed by atoms with Gasteiger partial charge in [-0.05, 0) is 68.7 Å². The number of piperidine rings is 1. The summed E-state index contributed by atoms with van der Waals surface area (Å²) in [6, 6.07) is 17.2. The van der Waals surface area contributed by atoms with E-state index in [-0.39, 0.29) is 12.0 Å². The Balaban J connectivity index is 1.36. The molecule has 2 heterocycles. The predicted molar refractivity (Wildman–Crippen MR) is 138 cm³/mol. The van der Waals surface area contributed by atoms with Crippen LogP contribution in [0.3, 0.4) is 0 Å². The van der Waals surface area contributed by atoms with Crippen LogP contribution in [0.2, 0.25) is 0 Å². The molecule has 0 saturated carbocycles. The maximum absolute atomic E-state index is 12.7. The Bertz CT molecular complexity index is 1120. The third-order valence-corrected chi connectivity index (χ3v) is 6.84. The summed E-state index contributed by atoms with van der Waals surface area (Å²) in [5, 5.41) is 22.5. The monoisotopic (exact) mass is 493 g/mol. The normalized spacial score (nSPS) is 16.1. The highest BCUT2D eigenvalue weighted by Crippen LogP contribution is 2.25. The molecule has 1 amide bonds. The van der Waals surface area contributed by atoms with Crippen molar-refractivity contribution in [3.05, 3.63) is 66.4 Å². The van der Waals surface area contributed by atoms with Crippen LogP contribution < -0.4 is 11.1 Å². The number of amides is 1. The molecule has 184 valence electrons. The number of thioether (sulfide) groups is 1. The van der Waals surface area contributed by atoms with Crippen molar-refractivity contribution < 1.29 is 15.0 Å². The van der Waals surface area contributed by atoms with Crippen molar-refractivity contribution >= 4 is 29.3 Å². The number of aliphatic hydroxyl groups is 2. The summed E-state index contributed by atoms with van der Waals surface area (Å²) in [5.41, 5.74) is 7.65. The summed E-state index contributed by atoms with van der Waals surface area (Å²) in [5.74, 6) is 1.18. The van der Waals surface area contributed by atoms with E-state index in [1.807, 2.05) is 42.5 Å². The Kier molecular flexibility index (Phi) is 8.02. The number of hydrogen-bond acceptors (Lipinski definition) is 8. The Morgan fingerprint density at radius 3 is 2.49 bits per heavy atom. The van der Waals surface area contributed by atoms with Gasteiger partial charge >= 0.3 is 0 Å². The predicted octanol–water partition coefficient (Wildman–Crippen LogP) is 3.63. The molecule has 1 aliphatic heterocycles. The van der Waals surface area contributed by atoms with Crippen LogP contribution >= 0.6 is 11.8 Å². The lowest BCUT2D eigenvalue weighted by Crippen LogP contribution is -2.40. The molecule has 5 N–H and O–H groups in total. The Hall–Kier alpha value is -2.98. The van der Waals surface area contributed by atoms with Crippen molar-refractivity contribution in [2.45, 2.75) is 42.9 Å². The smallest absolute Gasteiger partial charge is 0.253 e. The minimum absolute atomic E-state index is 0.0169. The van der Waals surface area contributed by atoms with Crippen molar-refractivity contribution in [3.8, 4) is 11.3 Å². The van der Waals surface area contributed by atoms with E-state index in [0.29, 0.717) is 43.9 Å². The lowest BCUT2D eigenvalue weighted by atomic mass is 10.1. The third kappa shape index (κ3) is 7.25. The molecule has 8 nitrogen and oxygen atoms in total. The van der Waals surface area contributed by atoms with Gasteiger partial charge in [0.15, 0.2) is 0 Å². The molecule has 1 atom stereocenters. The first-order chi connectivity index (χ1) is 16.8. The molecule has 1 unspecified atom stereocenters. The van der Waals surface area contributed by atoms with Gasteiger partial charge in [0.1, 0.15) is 5.72 Å². The molecule has 1 fully saturated rings. The molecule has 0 bridgehead atoms. The fraction of sp³-hybridized carbons (Fsp3) is 0.346. The zero-order chi connectivity index (χ0) is 24.8. The number of benzene rings is 2. The number of nitrogens with zero attached hydrogens (tertiary/aromatic N) is 3. The quantitative estimate of drug-likeness (QED) is 0.277. The molecular weight excluding hydrogens is 462 g/mol. The highest BCUT2D eigenvalue weighted by molar-refractivity contribution is 7.99. The van der Waals surface area contributed by atoms with Crippen molar-refractivity contribution in [1.82, 2.24) is 14.9 Å². The van der Waals surface area contributed by atoms with Crippen molar-refractivity contribution in [2.75, 3.05) is 24.2 Å². The van der Waals surface area contributed by atoms with Crippen LogP contribution in [-0.2, 0) is 0 Å². The zero-order valence-electron chi connectivity index (χ0n) is 19.7. The molecule has 2 aromatic carbocycles. The second-order valence-electron chi connectivity index (χ2n) is 8.97. The largest absolute Gasteiger partial charge is 0.393 e. The summed E-state index contributed by atoms with van der Waals surface area (Å²) in [6.45, 7) is 2.76. The van der Waals surface area contributed by atoms with Crippen LogP contribution in [0, 0.1) is 0 Å². The fourth-order valence-electron chi connectivity index (χ4n) is 3.75. The zero-order valence-corrected chi connectivity index (χ0v) is 20.5. The average Bonchev–Trinajstić information content (AvgIpc) is 2.84. The van der Waals surface area contributed by atoms with Gasteiger partial charge < -0.3 is 26.2 Å². The van der Waals surface area contributed by atoms with E-state index in [9.17, 15) is 15.0 Å². The number of carbonyl (C=O) groups excluding carboxylic acids is 1. The minimum atomic E-state index is -1.15. The number of likely N-dealkylation sites (tertiary alicyclic amines) is 1. The van der Waals surface area contributed by atoms with Gasteiger partial charge in [0, 0.05) is 46.7 Å². The Labute approximate surface area is 209 Å². The lowest BCUT2D eigenvalue weighted by Gasteiger charge is -2.29. The lowest BCUT2D eigenvalue weighted by molar-refractivity contribution is 0.0546. The van der Waals surface area contributed by atoms with E-state index in [2.05, 4.69) is 15.3 Å². The number of nitrogens with two attached hydrogens (primary N) is 1. The second-order valence-corrected chi connectivity index (χ2v) is 10.1. The van der Waals surface area contributed by atoms with Crippen molar-refractivity contribution in [2.24, 2.45) is 5.73 Å². The van der Waals surface area contributed by atoms with Gasteiger partial charge in [0.2, 0.25) is 5.95 Å². The fourth-order valence-corrected chi connectivity index (χ4v) is 4.83. The van der Waals surface area contributed by atoms with Crippen LogP contribution in [0.5, 0.6) is 0 Å². The standard InChI is InChI=1S/C26H31N5O3S/c1-26(27,34)13-17-35-22-8-4-18(5-9-22)23-10-14-28-25(30-23)29-20-6-2-19(3-7-20)24(33)31-15-11-21(32)12-16-31/h2-10,14,21,32,34H,11-13,15-17,27H2,1H3,(H,28,29,30). The highest BCUT2D eigenvalue weighted by atomic mass is 32.2. The molecule has 0 radical (unpaired) electrons. The van der Waals surface area contributed by atoms with E-state index < -0.39 is 5.72 Å². The molecule has 35 heavy (non-hydrogen) atoms. The summed E-state index contributed by atoms with van der Waals surface area (Å²) in [6.07, 6.45) is 3.16. The molecule has 1 aliphatic rings. The Morgan fingerprint density at radius 2 is 1.83 bits per heavy atom. The first-order valence-corrected chi connectivity index (χ1v) is 12.7. The number of carbonyl (C=O) groups is 1. The van der Waals surface area contributed by atoms with Gasteiger partial charge in [-0.2, -0.15) is 0 Å². The van der Waals surface area contributed by atoms with Gasteiger partial charge in [-0.15, -0.1) is 11.8 Å². The molecule has 3 aromatic rings. The van der Waals surface area contributed by atoms with Gasteiger partial charge in [0.25, 0.3) is 5.91 Å². The van der Waals surface area contributed by atoms with Crippen LogP contribution in [0.15, 0.2) is 65.7 Å². The van der Waals surface area contributed by atoms with E-state index in [1.54, 1.807) is 41.9 Å². The van der Waals surface area contributed by atoms with Crippen LogP contribution in [0.4, 0.5) is 11.6 Å². The maximum Gasteiger partial charge on any atom is 0.253 e. The molecular formula is C26H31N5O3S. The summed E-state index contributed by atoms with van der Waals surface area (Å²) in [4.78, 5) is 24.5. The molecule has 4 rings (SSSR count). The highest BCUT2D eigenvalue weighted by Gasteiger charge is 2.22. The van der Waals surface area contributed by atoms with E-state index >= 15 is 0 Å². The summed E-state index contributed by atoms with van der Waals surface area (Å²) < 4.78 is 0. The van der Waals surface area contributed by atoms with Gasteiger partial charge in [-0.3, -0.25) is 4.79 Å². The summed E-state index contributed by atoms with van der Waals surface area (Å²) >= 11 is 1.65. The van der Waals surface area contributed by atoms with E-state index in [4.69, 9.17) is 5.73 Å². The molecule has 9 heteroatoms. The number of anilines is 2. The first kappa shape index (κ1) is 25.1. The SMILES string of the molecule is CC(N)(O)CCSc1ccc(-c2ccnc(Nc3ccc(C(=O)N4CCC(O)CC4)cc3)n2)cc1. The number of rotatable bonds is 8. The topological polar surface area (TPSA) is 125 Å². The number of nitrogens with one attached hydrogen (secondary N) is 1. The first-order valence-electron chi connectivity index (χ1n) is 11.7. The summed E-state index contributed by atoms with van der Waals surface area (Å²) in [7, 11) is 0. The van der Waals surface area contributed by atoms with Gasteiger partial charge in [-0.25, -0.2) is 9.97 Å². The molecule has 0 aliphatic carbocycles. The van der Waals surface area contributed by atoms with Crippen LogP contribution in [-0.4, -0.2) is 61.7 Å². The maximum atomic E-state index is 12.7. The Morgan fingerprint density at radius 1 is 1.14 bits per heavy atom. The van der Waals surface area contributed by atoms with Crippen LogP contribution in [0.25, 0.3) is 11.3 Å². The average molecular weight is 494 g/mol. The van der Waals surface area contributed by atoms with E-state index in [0.717, 1.165) is 27.6 Å². The van der Waals surface area contributed by atoms with Crippen LogP contribution in [0.1, 0.15) is 36.5 Å². The molecule has 1 aromatic heterocycles. The minimum Gasteiger partial charge on any atom is -0.393 e. The van der Waals surface area contributed by atoms with Crippen molar-refractivity contribution in [1.29, 1.82) is 0 Å². The number of aliphatic hydroxyl groups excluding tert-OH is 1.